The van der Waals surface area contributed by atoms with Gasteiger partial charge in [-0.2, -0.15) is 0 Å². The van der Waals surface area contributed by atoms with Crippen molar-refractivity contribution in [3.8, 4) is 0 Å². The highest BCUT2D eigenvalue weighted by molar-refractivity contribution is 5.37. The zero-order valence-electron chi connectivity index (χ0n) is 9.06. The fourth-order valence-electron chi connectivity index (χ4n) is 2.38. The first-order valence-corrected chi connectivity index (χ1v) is 5.39. The van der Waals surface area contributed by atoms with Crippen molar-refractivity contribution in [2.75, 3.05) is 20.2 Å². The SMILES string of the molecule is CN(CCO)C1CC(N)c2ccccc21. The summed E-state index contributed by atoms with van der Waals surface area (Å²) in [5, 5.41) is 8.94. The van der Waals surface area contributed by atoms with E-state index in [1.165, 1.54) is 11.1 Å². The molecule has 0 heterocycles. The van der Waals surface area contributed by atoms with Crippen molar-refractivity contribution < 1.29 is 5.11 Å². The van der Waals surface area contributed by atoms with Crippen LogP contribution in [0.25, 0.3) is 0 Å². The van der Waals surface area contributed by atoms with Crippen LogP contribution in [-0.2, 0) is 0 Å². The first kappa shape index (κ1) is 10.6. The third-order valence-electron chi connectivity index (χ3n) is 3.22. The van der Waals surface area contributed by atoms with E-state index in [1.54, 1.807) is 0 Å². The van der Waals surface area contributed by atoms with E-state index in [-0.39, 0.29) is 12.6 Å². The highest BCUT2D eigenvalue weighted by Gasteiger charge is 2.30. The van der Waals surface area contributed by atoms with Crippen LogP contribution in [0, 0.1) is 0 Å². The minimum atomic E-state index is 0.146. The van der Waals surface area contributed by atoms with E-state index >= 15 is 0 Å². The van der Waals surface area contributed by atoms with Crippen LogP contribution in [0.1, 0.15) is 29.6 Å². The van der Waals surface area contributed by atoms with Crippen molar-refractivity contribution in [3.05, 3.63) is 35.4 Å². The Labute approximate surface area is 90.5 Å². The van der Waals surface area contributed by atoms with Crippen LogP contribution in [-0.4, -0.2) is 30.2 Å². The molecule has 3 N–H and O–H groups in total. The summed E-state index contributed by atoms with van der Waals surface area (Å²) in [5.41, 5.74) is 8.66. The van der Waals surface area contributed by atoms with E-state index in [0.29, 0.717) is 12.6 Å². The van der Waals surface area contributed by atoms with E-state index < -0.39 is 0 Å². The third kappa shape index (κ3) is 1.91. The van der Waals surface area contributed by atoms with E-state index in [4.69, 9.17) is 10.8 Å². The average molecular weight is 206 g/mol. The largest absolute Gasteiger partial charge is 0.395 e. The van der Waals surface area contributed by atoms with Gasteiger partial charge in [0.25, 0.3) is 0 Å². The molecule has 2 unspecified atom stereocenters. The predicted octanol–water partition coefficient (Wildman–Crippen LogP) is 1.06. The summed E-state index contributed by atoms with van der Waals surface area (Å²) in [6.07, 6.45) is 0.954. The van der Waals surface area contributed by atoms with Gasteiger partial charge in [-0.15, -0.1) is 0 Å². The van der Waals surface area contributed by atoms with Gasteiger partial charge in [0, 0.05) is 18.6 Å². The van der Waals surface area contributed by atoms with Crippen LogP contribution in [0.2, 0.25) is 0 Å². The molecule has 82 valence electrons. The number of fused-ring (bicyclic) bond motifs is 1. The lowest BCUT2D eigenvalue weighted by molar-refractivity contribution is 0.177. The molecule has 0 fully saturated rings. The molecule has 0 bridgehead atoms. The van der Waals surface area contributed by atoms with Gasteiger partial charge in [0.15, 0.2) is 0 Å². The molecule has 3 nitrogen and oxygen atoms in total. The number of aliphatic hydroxyl groups excluding tert-OH is 1. The molecule has 1 aromatic rings. The van der Waals surface area contributed by atoms with Crippen molar-refractivity contribution in [1.82, 2.24) is 4.90 Å². The molecule has 3 heteroatoms. The number of hydrogen-bond donors (Lipinski definition) is 2. The maximum absolute atomic E-state index is 8.94. The molecule has 2 atom stereocenters. The van der Waals surface area contributed by atoms with E-state index in [0.717, 1.165) is 6.42 Å². The number of benzene rings is 1. The molecule has 1 aromatic carbocycles. The minimum absolute atomic E-state index is 0.146. The summed E-state index contributed by atoms with van der Waals surface area (Å²) in [5.74, 6) is 0. The lowest BCUT2D eigenvalue weighted by Crippen LogP contribution is -2.26. The molecular formula is C12H18N2O. The maximum Gasteiger partial charge on any atom is 0.0558 e. The van der Waals surface area contributed by atoms with Crippen LogP contribution in [0.15, 0.2) is 24.3 Å². The van der Waals surface area contributed by atoms with Gasteiger partial charge in [-0.25, -0.2) is 0 Å². The monoisotopic (exact) mass is 206 g/mol. The number of nitrogens with two attached hydrogens (primary N) is 1. The normalized spacial score (nSPS) is 24.5. The standard InChI is InChI=1S/C12H18N2O/c1-14(6-7-15)12-8-11(13)9-4-2-3-5-10(9)12/h2-5,11-12,15H,6-8,13H2,1H3. The predicted molar refractivity (Wildman–Crippen MR) is 60.4 cm³/mol. The van der Waals surface area contributed by atoms with Gasteiger partial charge in [0.05, 0.1) is 6.61 Å². The topological polar surface area (TPSA) is 49.5 Å². The number of likely N-dealkylation sites (N-methyl/N-ethyl adjacent to an activating group) is 1. The first-order valence-electron chi connectivity index (χ1n) is 5.39. The fourth-order valence-corrected chi connectivity index (χ4v) is 2.38. The highest BCUT2D eigenvalue weighted by Crippen LogP contribution is 2.39. The Morgan fingerprint density at radius 3 is 2.73 bits per heavy atom. The number of hydrogen-bond acceptors (Lipinski definition) is 3. The van der Waals surface area contributed by atoms with Crippen molar-refractivity contribution in [3.63, 3.8) is 0 Å². The van der Waals surface area contributed by atoms with Gasteiger partial charge in [0.1, 0.15) is 0 Å². The smallest absolute Gasteiger partial charge is 0.0558 e. The van der Waals surface area contributed by atoms with Gasteiger partial charge in [-0.05, 0) is 24.6 Å². The Morgan fingerprint density at radius 2 is 2.07 bits per heavy atom. The number of rotatable bonds is 3. The minimum Gasteiger partial charge on any atom is -0.395 e. The summed E-state index contributed by atoms with van der Waals surface area (Å²) in [4.78, 5) is 2.17. The van der Waals surface area contributed by atoms with Crippen molar-refractivity contribution in [2.45, 2.75) is 18.5 Å². The Morgan fingerprint density at radius 1 is 1.40 bits per heavy atom. The highest BCUT2D eigenvalue weighted by atomic mass is 16.3. The van der Waals surface area contributed by atoms with Crippen LogP contribution in [0.3, 0.4) is 0 Å². The fraction of sp³-hybridized carbons (Fsp3) is 0.500. The lowest BCUT2D eigenvalue weighted by atomic mass is 10.1. The van der Waals surface area contributed by atoms with Crippen molar-refractivity contribution in [1.29, 1.82) is 0 Å². The van der Waals surface area contributed by atoms with E-state index in [2.05, 4.69) is 23.1 Å². The van der Waals surface area contributed by atoms with Gasteiger partial charge in [0.2, 0.25) is 0 Å². The lowest BCUT2D eigenvalue weighted by Gasteiger charge is -2.24. The second-order valence-corrected chi connectivity index (χ2v) is 4.19. The molecule has 15 heavy (non-hydrogen) atoms. The van der Waals surface area contributed by atoms with Crippen LogP contribution < -0.4 is 5.73 Å². The molecule has 0 radical (unpaired) electrons. The van der Waals surface area contributed by atoms with E-state index in [1.807, 2.05) is 13.1 Å². The molecule has 0 spiro atoms. The summed E-state index contributed by atoms with van der Waals surface area (Å²) in [6.45, 7) is 0.899. The second-order valence-electron chi connectivity index (χ2n) is 4.19. The molecule has 1 aliphatic carbocycles. The van der Waals surface area contributed by atoms with Crippen LogP contribution in [0.5, 0.6) is 0 Å². The molecule has 0 aromatic heterocycles. The molecule has 0 aliphatic heterocycles. The van der Waals surface area contributed by atoms with E-state index in [9.17, 15) is 0 Å². The zero-order chi connectivity index (χ0) is 10.8. The molecule has 0 amide bonds. The summed E-state index contributed by atoms with van der Waals surface area (Å²) >= 11 is 0. The Kier molecular flexibility index (Phi) is 3.05. The molecule has 0 saturated carbocycles. The number of aliphatic hydroxyl groups is 1. The average Bonchev–Trinajstić information content (AvgIpc) is 2.58. The number of nitrogens with zero attached hydrogens (tertiary/aromatic N) is 1. The summed E-state index contributed by atoms with van der Waals surface area (Å²) in [7, 11) is 2.04. The summed E-state index contributed by atoms with van der Waals surface area (Å²) in [6, 6.07) is 8.84. The summed E-state index contributed by atoms with van der Waals surface area (Å²) < 4.78 is 0. The zero-order valence-corrected chi connectivity index (χ0v) is 9.06. The molecule has 2 rings (SSSR count). The molecular weight excluding hydrogens is 188 g/mol. The van der Waals surface area contributed by atoms with Crippen molar-refractivity contribution in [2.24, 2.45) is 5.73 Å². The van der Waals surface area contributed by atoms with Crippen LogP contribution >= 0.6 is 0 Å². The third-order valence-corrected chi connectivity index (χ3v) is 3.22. The Hall–Kier alpha value is -0.900. The Bertz CT molecular complexity index is 340. The maximum atomic E-state index is 8.94. The molecule has 1 aliphatic rings. The first-order chi connectivity index (χ1) is 7.24. The molecule has 0 saturated heterocycles. The van der Waals surface area contributed by atoms with Gasteiger partial charge in [-0.1, -0.05) is 24.3 Å². The van der Waals surface area contributed by atoms with Gasteiger partial charge in [-0.3, -0.25) is 4.90 Å². The quantitative estimate of drug-likeness (QED) is 0.777. The van der Waals surface area contributed by atoms with Gasteiger partial charge >= 0.3 is 0 Å². The van der Waals surface area contributed by atoms with Crippen LogP contribution in [0.4, 0.5) is 0 Å². The van der Waals surface area contributed by atoms with Gasteiger partial charge < -0.3 is 10.8 Å². The second kappa shape index (κ2) is 4.31. The van der Waals surface area contributed by atoms with Crippen molar-refractivity contribution >= 4 is 0 Å². The Balaban J connectivity index is 2.24.